The minimum atomic E-state index is -0.130. The summed E-state index contributed by atoms with van der Waals surface area (Å²) in [6.45, 7) is 15.6. The summed E-state index contributed by atoms with van der Waals surface area (Å²) in [7, 11) is 0. The van der Waals surface area contributed by atoms with Gasteiger partial charge in [-0.1, -0.05) is 41.5 Å². The van der Waals surface area contributed by atoms with Gasteiger partial charge in [-0.15, -0.1) is 0 Å². The van der Waals surface area contributed by atoms with Crippen LogP contribution in [0.1, 0.15) is 112 Å². The molecule has 3 nitrogen and oxygen atoms in total. The molecule has 0 amide bonds. The van der Waals surface area contributed by atoms with Crippen LogP contribution >= 0.6 is 0 Å². The molecule has 11 unspecified atom stereocenters. The van der Waals surface area contributed by atoms with Gasteiger partial charge in [0.1, 0.15) is 0 Å². The zero-order valence-electron chi connectivity index (χ0n) is 22.4. The molecule has 0 aliphatic heterocycles. The van der Waals surface area contributed by atoms with Gasteiger partial charge in [0, 0.05) is 13.2 Å². The molecule has 190 valence electrons. The van der Waals surface area contributed by atoms with Crippen LogP contribution in [-0.4, -0.2) is 34.6 Å². The minimum absolute atomic E-state index is 0.00538. The third-order valence-electron chi connectivity index (χ3n) is 14.3. The first-order chi connectivity index (χ1) is 15.3. The van der Waals surface area contributed by atoms with Crippen molar-refractivity contribution in [3.05, 3.63) is 0 Å². The molecule has 5 rings (SSSR count). The molecule has 0 saturated heterocycles. The highest BCUT2D eigenvalue weighted by Crippen LogP contribution is 2.78. The van der Waals surface area contributed by atoms with Gasteiger partial charge in [0.05, 0.1) is 6.10 Å². The van der Waals surface area contributed by atoms with E-state index in [1.165, 1.54) is 38.5 Å². The summed E-state index contributed by atoms with van der Waals surface area (Å²) in [5, 5.41) is 31.8. The van der Waals surface area contributed by atoms with Crippen molar-refractivity contribution < 1.29 is 15.3 Å². The topological polar surface area (TPSA) is 60.7 Å². The molecule has 0 heterocycles. The van der Waals surface area contributed by atoms with E-state index >= 15 is 0 Å². The molecule has 5 fully saturated rings. The van der Waals surface area contributed by atoms with E-state index in [1.807, 2.05) is 0 Å². The van der Waals surface area contributed by atoms with Crippen molar-refractivity contribution in [2.45, 2.75) is 118 Å². The van der Waals surface area contributed by atoms with Crippen molar-refractivity contribution in [3.63, 3.8) is 0 Å². The Morgan fingerprint density at radius 2 is 1.27 bits per heavy atom. The van der Waals surface area contributed by atoms with Gasteiger partial charge in [-0.05, 0) is 127 Å². The summed E-state index contributed by atoms with van der Waals surface area (Å²) in [6.07, 6.45) is 12.7. The molecular formula is C30H52O3. The van der Waals surface area contributed by atoms with Crippen LogP contribution in [0.4, 0.5) is 0 Å². The second kappa shape index (κ2) is 7.45. The van der Waals surface area contributed by atoms with Crippen molar-refractivity contribution in [2.24, 2.45) is 56.2 Å². The Balaban J connectivity index is 1.54. The maximum Gasteiger partial charge on any atom is 0.0571 e. The van der Waals surface area contributed by atoms with Gasteiger partial charge in [-0.2, -0.15) is 0 Å². The van der Waals surface area contributed by atoms with Crippen molar-refractivity contribution in [3.8, 4) is 0 Å². The fraction of sp³-hybridized carbons (Fsp3) is 1.00. The Morgan fingerprint density at radius 1 is 0.636 bits per heavy atom. The Hall–Kier alpha value is -0.120. The molecule has 5 saturated carbocycles. The van der Waals surface area contributed by atoms with Crippen LogP contribution < -0.4 is 0 Å². The van der Waals surface area contributed by atoms with Gasteiger partial charge in [0.2, 0.25) is 0 Å². The van der Waals surface area contributed by atoms with Gasteiger partial charge in [-0.25, -0.2) is 0 Å². The van der Waals surface area contributed by atoms with Crippen molar-refractivity contribution in [2.75, 3.05) is 13.2 Å². The Bertz CT molecular complexity index is 783. The molecule has 11 atom stereocenters. The standard InChI is InChI=1S/C30H52O3/c1-20-21(33)7-8-22-26(20,3)10-9-23-27(22,4)12-13-29(6)24-17-25(2,18-31)11-15-30(24,19-32)16-14-28(23,29)5/h20-24,31-33H,7-19H2,1-6H3. The average molecular weight is 461 g/mol. The Morgan fingerprint density at radius 3 is 1.94 bits per heavy atom. The fourth-order valence-electron chi connectivity index (χ4n) is 11.5. The summed E-state index contributed by atoms with van der Waals surface area (Å²) in [4.78, 5) is 0. The number of fused-ring (bicyclic) bond motifs is 7. The Kier molecular flexibility index (Phi) is 5.55. The van der Waals surface area contributed by atoms with Crippen LogP contribution in [0.15, 0.2) is 0 Å². The first-order valence-corrected chi connectivity index (χ1v) is 14.2. The number of aliphatic hydroxyl groups is 3. The second-order valence-corrected chi connectivity index (χ2v) is 15.2. The molecular weight excluding hydrogens is 408 g/mol. The molecule has 0 aromatic carbocycles. The highest BCUT2D eigenvalue weighted by Gasteiger charge is 2.71. The molecule has 0 aromatic rings. The minimum Gasteiger partial charge on any atom is -0.396 e. The van der Waals surface area contributed by atoms with Crippen molar-refractivity contribution in [1.29, 1.82) is 0 Å². The van der Waals surface area contributed by atoms with Crippen molar-refractivity contribution >= 4 is 0 Å². The average Bonchev–Trinajstić information content (AvgIpc) is 2.79. The first-order valence-electron chi connectivity index (χ1n) is 14.2. The van der Waals surface area contributed by atoms with Crippen LogP contribution in [0.25, 0.3) is 0 Å². The zero-order valence-corrected chi connectivity index (χ0v) is 22.4. The number of rotatable bonds is 2. The van der Waals surface area contributed by atoms with Crippen LogP contribution in [0, 0.1) is 56.2 Å². The smallest absolute Gasteiger partial charge is 0.0571 e. The summed E-state index contributed by atoms with van der Waals surface area (Å²) >= 11 is 0. The van der Waals surface area contributed by atoms with Gasteiger partial charge in [0.15, 0.2) is 0 Å². The lowest BCUT2D eigenvalue weighted by Gasteiger charge is -2.75. The molecule has 5 aliphatic rings. The van der Waals surface area contributed by atoms with E-state index < -0.39 is 0 Å². The first kappa shape index (κ1) is 24.6. The molecule has 33 heavy (non-hydrogen) atoms. The summed E-state index contributed by atoms with van der Waals surface area (Å²) in [5.41, 5.74) is 1.19. The third-order valence-corrected chi connectivity index (χ3v) is 14.3. The summed E-state index contributed by atoms with van der Waals surface area (Å²) in [5.74, 6) is 2.34. The lowest BCUT2D eigenvalue weighted by atomic mass is 9.30. The lowest BCUT2D eigenvalue weighted by molar-refractivity contribution is -0.270. The monoisotopic (exact) mass is 460 g/mol. The predicted octanol–water partition coefficient (Wildman–Crippen LogP) is 6.19. The highest BCUT2D eigenvalue weighted by atomic mass is 16.3. The summed E-state index contributed by atoms with van der Waals surface area (Å²) < 4.78 is 0. The molecule has 0 radical (unpaired) electrons. The second-order valence-electron chi connectivity index (χ2n) is 15.2. The number of hydrogen-bond acceptors (Lipinski definition) is 3. The maximum absolute atomic E-state index is 10.8. The van der Waals surface area contributed by atoms with Crippen LogP contribution in [-0.2, 0) is 0 Å². The van der Waals surface area contributed by atoms with Crippen molar-refractivity contribution in [1.82, 2.24) is 0 Å². The molecule has 5 aliphatic carbocycles. The molecule has 0 aromatic heterocycles. The zero-order chi connectivity index (χ0) is 24.1. The molecule has 0 bridgehead atoms. The van der Waals surface area contributed by atoms with Gasteiger partial charge >= 0.3 is 0 Å². The van der Waals surface area contributed by atoms with E-state index in [-0.39, 0.29) is 39.8 Å². The van der Waals surface area contributed by atoms with Gasteiger partial charge in [-0.3, -0.25) is 0 Å². The highest BCUT2D eigenvalue weighted by molar-refractivity contribution is 5.20. The van der Waals surface area contributed by atoms with E-state index in [4.69, 9.17) is 0 Å². The number of hydrogen-bond donors (Lipinski definition) is 3. The molecule has 3 N–H and O–H groups in total. The van der Waals surface area contributed by atoms with E-state index in [0.717, 1.165) is 38.0 Å². The largest absolute Gasteiger partial charge is 0.396 e. The maximum atomic E-state index is 10.8. The van der Waals surface area contributed by atoms with E-state index in [1.54, 1.807) is 0 Å². The van der Waals surface area contributed by atoms with Crippen LogP contribution in [0.3, 0.4) is 0 Å². The Labute approximate surface area is 203 Å². The normalized spacial score (nSPS) is 60.8. The number of aliphatic hydroxyl groups excluding tert-OH is 3. The fourth-order valence-corrected chi connectivity index (χ4v) is 11.5. The molecule has 3 heteroatoms. The van der Waals surface area contributed by atoms with Gasteiger partial charge < -0.3 is 15.3 Å². The third kappa shape index (κ3) is 2.97. The van der Waals surface area contributed by atoms with E-state index in [0.29, 0.717) is 29.8 Å². The SMILES string of the molecule is CC1C(O)CCC2C1(C)CCC1C2(C)CCC2(C)C3CC(C)(CO)CCC3(CO)CCC12C. The summed E-state index contributed by atoms with van der Waals surface area (Å²) in [6, 6.07) is 0. The van der Waals surface area contributed by atoms with Crippen LogP contribution in [0.5, 0.6) is 0 Å². The quantitative estimate of drug-likeness (QED) is 0.460. The molecule has 0 spiro atoms. The van der Waals surface area contributed by atoms with E-state index in [2.05, 4.69) is 41.5 Å². The van der Waals surface area contributed by atoms with E-state index in [9.17, 15) is 15.3 Å². The lowest BCUT2D eigenvalue weighted by Crippen LogP contribution is -2.68. The van der Waals surface area contributed by atoms with Crippen LogP contribution in [0.2, 0.25) is 0 Å². The predicted molar refractivity (Wildman–Crippen MR) is 134 cm³/mol. The van der Waals surface area contributed by atoms with Gasteiger partial charge in [0.25, 0.3) is 0 Å².